The summed E-state index contributed by atoms with van der Waals surface area (Å²) in [6.07, 6.45) is 2.52. The molecule has 21 heavy (non-hydrogen) atoms. The third-order valence-electron chi connectivity index (χ3n) is 3.04. The maximum atomic E-state index is 11.0. The van der Waals surface area contributed by atoms with Gasteiger partial charge in [0.25, 0.3) is 0 Å². The predicted molar refractivity (Wildman–Crippen MR) is 81.2 cm³/mol. The maximum Gasteiger partial charge on any atom is 0.371 e. The van der Waals surface area contributed by atoms with Crippen molar-refractivity contribution in [2.24, 2.45) is 0 Å². The Balaban J connectivity index is 2.24. The standard InChI is InChI=1S/C16H14ClNO3/c17-12-7-4-11(5-8-12)6-9-13(15(19)16(20)21)14-3-1-2-10-18-14/h1-5,7-8,10,19H,6,9H2,(H,20,21)/b15-13+. The maximum absolute atomic E-state index is 11.0. The molecule has 0 unspecified atom stereocenters. The van der Waals surface area contributed by atoms with Crippen LogP contribution in [0.2, 0.25) is 5.02 Å². The normalized spacial score (nSPS) is 11.9. The lowest BCUT2D eigenvalue weighted by Crippen LogP contribution is -2.05. The fourth-order valence-electron chi connectivity index (χ4n) is 1.96. The third-order valence-corrected chi connectivity index (χ3v) is 3.29. The number of hydrogen-bond acceptors (Lipinski definition) is 3. The molecule has 1 heterocycles. The van der Waals surface area contributed by atoms with Crippen molar-refractivity contribution in [2.45, 2.75) is 12.8 Å². The molecule has 108 valence electrons. The summed E-state index contributed by atoms with van der Waals surface area (Å²) in [6, 6.07) is 12.5. The fourth-order valence-corrected chi connectivity index (χ4v) is 2.08. The molecule has 0 bridgehead atoms. The molecule has 0 saturated carbocycles. The Labute approximate surface area is 127 Å². The van der Waals surface area contributed by atoms with Crippen LogP contribution in [0.25, 0.3) is 5.57 Å². The van der Waals surface area contributed by atoms with Crippen LogP contribution in [0.1, 0.15) is 17.7 Å². The van der Waals surface area contributed by atoms with Crippen molar-refractivity contribution in [3.05, 3.63) is 70.7 Å². The summed E-state index contributed by atoms with van der Waals surface area (Å²) < 4.78 is 0. The van der Waals surface area contributed by atoms with Crippen LogP contribution in [0.4, 0.5) is 0 Å². The minimum atomic E-state index is -1.35. The van der Waals surface area contributed by atoms with Crippen molar-refractivity contribution in [1.82, 2.24) is 4.98 Å². The van der Waals surface area contributed by atoms with E-state index in [1.807, 2.05) is 12.1 Å². The van der Waals surface area contributed by atoms with Gasteiger partial charge in [0.1, 0.15) is 0 Å². The van der Waals surface area contributed by atoms with Gasteiger partial charge in [-0.1, -0.05) is 29.8 Å². The number of carbonyl (C=O) groups is 1. The smallest absolute Gasteiger partial charge is 0.371 e. The van der Waals surface area contributed by atoms with E-state index in [4.69, 9.17) is 16.7 Å². The number of nitrogens with zero attached hydrogens (tertiary/aromatic N) is 1. The Morgan fingerprint density at radius 1 is 1.10 bits per heavy atom. The number of pyridine rings is 1. The molecule has 0 atom stereocenters. The van der Waals surface area contributed by atoms with E-state index in [1.165, 1.54) is 0 Å². The number of allylic oxidation sites excluding steroid dienone is 1. The molecule has 0 spiro atoms. The molecular weight excluding hydrogens is 290 g/mol. The van der Waals surface area contributed by atoms with Gasteiger partial charge in [-0.2, -0.15) is 0 Å². The molecule has 0 aliphatic rings. The second-order valence-corrected chi connectivity index (χ2v) is 4.91. The van der Waals surface area contributed by atoms with Crippen LogP contribution >= 0.6 is 11.6 Å². The number of rotatable bonds is 5. The summed E-state index contributed by atoms with van der Waals surface area (Å²) in [5.41, 5.74) is 1.79. The Morgan fingerprint density at radius 3 is 2.38 bits per heavy atom. The number of benzene rings is 1. The highest BCUT2D eigenvalue weighted by molar-refractivity contribution is 6.30. The molecule has 0 fully saturated rings. The summed E-state index contributed by atoms with van der Waals surface area (Å²) >= 11 is 5.83. The Bertz CT molecular complexity index is 651. The molecule has 2 rings (SSSR count). The predicted octanol–water partition coefficient (Wildman–Crippen LogP) is 3.72. The average molecular weight is 304 g/mol. The number of aliphatic carboxylic acids is 1. The quantitative estimate of drug-likeness (QED) is 0.652. The van der Waals surface area contributed by atoms with Gasteiger partial charge >= 0.3 is 5.97 Å². The minimum absolute atomic E-state index is 0.318. The van der Waals surface area contributed by atoms with Crippen molar-refractivity contribution in [2.75, 3.05) is 0 Å². The first kappa shape index (κ1) is 15.1. The van der Waals surface area contributed by atoms with Crippen molar-refractivity contribution >= 4 is 23.1 Å². The number of hydrogen-bond donors (Lipinski definition) is 2. The van der Waals surface area contributed by atoms with Gasteiger partial charge in [-0.15, -0.1) is 0 Å². The fraction of sp³-hybridized carbons (Fsp3) is 0.125. The van der Waals surface area contributed by atoms with Crippen molar-refractivity contribution in [3.63, 3.8) is 0 Å². The first-order chi connectivity index (χ1) is 10.1. The zero-order valence-electron chi connectivity index (χ0n) is 11.2. The summed E-state index contributed by atoms with van der Waals surface area (Å²) in [5.74, 6) is -2.02. The summed E-state index contributed by atoms with van der Waals surface area (Å²) in [4.78, 5) is 15.1. The van der Waals surface area contributed by atoms with Crippen LogP contribution in [0, 0.1) is 0 Å². The lowest BCUT2D eigenvalue weighted by molar-refractivity contribution is -0.135. The van der Waals surface area contributed by atoms with Gasteiger partial charge in [-0.05, 0) is 42.7 Å². The number of carboxylic acids is 1. The Kier molecular flexibility index (Phi) is 4.95. The molecule has 1 aromatic heterocycles. The van der Waals surface area contributed by atoms with E-state index in [-0.39, 0.29) is 0 Å². The van der Waals surface area contributed by atoms with Crippen LogP contribution in [0.3, 0.4) is 0 Å². The molecule has 0 amide bonds. The number of aromatic nitrogens is 1. The minimum Gasteiger partial charge on any atom is -0.502 e. The Morgan fingerprint density at radius 2 is 1.81 bits per heavy atom. The van der Waals surface area contributed by atoms with Gasteiger partial charge in [0, 0.05) is 16.8 Å². The second-order valence-electron chi connectivity index (χ2n) is 4.47. The SMILES string of the molecule is O=C(O)/C(O)=C(/CCc1ccc(Cl)cc1)c1ccccn1. The van der Waals surface area contributed by atoms with E-state index in [2.05, 4.69) is 4.98 Å². The van der Waals surface area contributed by atoms with Crippen LogP contribution < -0.4 is 0 Å². The number of halogens is 1. The molecule has 0 radical (unpaired) electrons. The first-order valence-corrected chi connectivity index (χ1v) is 6.77. The number of aliphatic hydroxyl groups is 1. The molecular formula is C16H14ClNO3. The van der Waals surface area contributed by atoms with Gasteiger partial charge in [0.05, 0.1) is 5.69 Å². The third kappa shape index (κ3) is 4.07. The topological polar surface area (TPSA) is 70.4 Å². The highest BCUT2D eigenvalue weighted by atomic mass is 35.5. The molecule has 2 aromatic rings. The lowest BCUT2D eigenvalue weighted by atomic mass is 10.0. The van der Waals surface area contributed by atoms with E-state index in [9.17, 15) is 9.90 Å². The zero-order valence-corrected chi connectivity index (χ0v) is 11.9. The van der Waals surface area contributed by atoms with Crippen LogP contribution in [-0.4, -0.2) is 21.2 Å². The monoisotopic (exact) mass is 303 g/mol. The molecule has 5 heteroatoms. The van der Waals surface area contributed by atoms with Gasteiger partial charge in [0.2, 0.25) is 5.76 Å². The van der Waals surface area contributed by atoms with Gasteiger partial charge in [-0.3, -0.25) is 4.98 Å². The van der Waals surface area contributed by atoms with Crippen molar-refractivity contribution in [3.8, 4) is 0 Å². The van der Waals surface area contributed by atoms with Gasteiger partial charge < -0.3 is 10.2 Å². The number of aryl methyl sites for hydroxylation is 1. The average Bonchev–Trinajstić information content (AvgIpc) is 2.50. The molecule has 1 aromatic carbocycles. The summed E-state index contributed by atoms with van der Waals surface area (Å²) in [5, 5.41) is 19.4. The van der Waals surface area contributed by atoms with Crippen LogP contribution in [0.5, 0.6) is 0 Å². The molecule has 0 saturated heterocycles. The summed E-state index contributed by atoms with van der Waals surface area (Å²) in [6.45, 7) is 0. The highest BCUT2D eigenvalue weighted by Gasteiger charge is 2.15. The van der Waals surface area contributed by atoms with E-state index >= 15 is 0 Å². The number of carboxylic acid groups (broad SMARTS) is 1. The molecule has 0 aliphatic carbocycles. The van der Waals surface area contributed by atoms with E-state index in [0.717, 1.165) is 5.56 Å². The largest absolute Gasteiger partial charge is 0.502 e. The van der Waals surface area contributed by atoms with Gasteiger partial charge in [0.15, 0.2) is 0 Å². The number of aliphatic hydroxyl groups excluding tert-OH is 1. The first-order valence-electron chi connectivity index (χ1n) is 6.39. The van der Waals surface area contributed by atoms with Gasteiger partial charge in [-0.25, -0.2) is 4.79 Å². The lowest BCUT2D eigenvalue weighted by Gasteiger charge is -2.08. The van der Waals surface area contributed by atoms with E-state index in [1.54, 1.807) is 36.5 Å². The van der Waals surface area contributed by atoms with E-state index in [0.29, 0.717) is 29.1 Å². The molecule has 0 aliphatic heterocycles. The van der Waals surface area contributed by atoms with Crippen molar-refractivity contribution in [1.29, 1.82) is 0 Å². The highest BCUT2D eigenvalue weighted by Crippen LogP contribution is 2.22. The summed E-state index contributed by atoms with van der Waals surface area (Å²) in [7, 11) is 0. The van der Waals surface area contributed by atoms with Crippen molar-refractivity contribution < 1.29 is 15.0 Å². The van der Waals surface area contributed by atoms with E-state index < -0.39 is 11.7 Å². The van der Waals surface area contributed by atoms with Crippen LogP contribution in [-0.2, 0) is 11.2 Å². The zero-order chi connectivity index (χ0) is 15.2. The molecule has 2 N–H and O–H groups in total. The molecule has 4 nitrogen and oxygen atoms in total. The van der Waals surface area contributed by atoms with Crippen LogP contribution in [0.15, 0.2) is 54.4 Å². The Hall–Kier alpha value is -2.33. The second kappa shape index (κ2) is 6.90.